The fourth-order valence-electron chi connectivity index (χ4n) is 3.52. The number of carboxylic acids is 1. The van der Waals surface area contributed by atoms with E-state index in [0.29, 0.717) is 31.6 Å². The number of aliphatic carboxylic acids is 1. The molecule has 0 bridgehead atoms. The third-order valence-corrected chi connectivity index (χ3v) is 4.73. The molecule has 0 aromatic heterocycles. The van der Waals surface area contributed by atoms with E-state index in [0.717, 1.165) is 18.4 Å². The molecule has 0 saturated heterocycles. The maximum atomic E-state index is 12.7. The third kappa shape index (κ3) is 4.62. The highest BCUT2D eigenvalue weighted by atomic mass is 16.4. The average molecular weight is 360 g/mol. The lowest BCUT2D eigenvalue weighted by Gasteiger charge is -2.35. The molecule has 6 heteroatoms. The predicted molar refractivity (Wildman–Crippen MR) is 98.6 cm³/mol. The Bertz CT molecular complexity index is 653. The van der Waals surface area contributed by atoms with Crippen molar-refractivity contribution in [2.45, 2.75) is 52.0 Å². The van der Waals surface area contributed by atoms with Gasteiger partial charge < -0.3 is 14.9 Å². The fourth-order valence-corrected chi connectivity index (χ4v) is 3.52. The molecule has 1 heterocycles. The second-order valence-electron chi connectivity index (χ2n) is 6.66. The third-order valence-electron chi connectivity index (χ3n) is 4.73. The van der Waals surface area contributed by atoms with Crippen LogP contribution in [0.3, 0.4) is 0 Å². The van der Waals surface area contributed by atoms with Crippen molar-refractivity contribution in [3.8, 4) is 0 Å². The van der Waals surface area contributed by atoms with E-state index >= 15 is 0 Å². The molecule has 2 amide bonds. The van der Waals surface area contributed by atoms with E-state index in [1.807, 2.05) is 26.0 Å². The van der Waals surface area contributed by atoms with Gasteiger partial charge in [0.15, 0.2) is 6.04 Å². The number of nitrogens with zero attached hydrogens (tertiary/aromatic N) is 2. The van der Waals surface area contributed by atoms with E-state index in [1.165, 1.54) is 4.90 Å². The molecule has 1 aromatic rings. The Morgan fingerprint density at radius 3 is 2.38 bits per heavy atom. The molecule has 1 aromatic carbocycles. The lowest BCUT2D eigenvalue weighted by Crippen LogP contribution is -2.44. The first kappa shape index (κ1) is 19.9. The molecule has 6 nitrogen and oxygen atoms in total. The van der Waals surface area contributed by atoms with Crippen molar-refractivity contribution in [1.29, 1.82) is 0 Å². The quantitative estimate of drug-likeness (QED) is 0.773. The number of fused-ring (bicyclic) bond motifs is 1. The van der Waals surface area contributed by atoms with Crippen LogP contribution in [-0.2, 0) is 20.8 Å². The van der Waals surface area contributed by atoms with Gasteiger partial charge >= 0.3 is 5.97 Å². The number of hydrogen-bond donors (Lipinski definition) is 1. The first-order valence-corrected chi connectivity index (χ1v) is 9.37. The molecular weight excluding hydrogens is 332 g/mol. The summed E-state index contributed by atoms with van der Waals surface area (Å²) in [5.41, 5.74) is 1.64. The van der Waals surface area contributed by atoms with Crippen molar-refractivity contribution in [3.05, 3.63) is 35.4 Å². The molecule has 1 aliphatic heterocycles. The maximum Gasteiger partial charge on any atom is 0.331 e. The van der Waals surface area contributed by atoms with E-state index < -0.39 is 12.0 Å². The summed E-state index contributed by atoms with van der Waals surface area (Å²) in [5, 5.41) is 9.64. The second kappa shape index (κ2) is 9.36. The van der Waals surface area contributed by atoms with Crippen LogP contribution in [-0.4, -0.2) is 52.3 Å². The van der Waals surface area contributed by atoms with E-state index in [-0.39, 0.29) is 24.7 Å². The van der Waals surface area contributed by atoms with E-state index in [2.05, 4.69) is 0 Å². The Morgan fingerprint density at radius 1 is 1.12 bits per heavy atom. The van der Waals surface area contributed by atoms with Gasteiger partial charge in [-0.25, -0.2) is 4.79 Å². The van der Waals surface area contributed by atoms with Gasteiger partial charge in [-0.2, -0.15) is 0 Å². The Hall–Kier alpha value is -2.37. The number of amides is 2. The van der Waals surface area contributed by atoms with Crippen molar-refractivity contribution in [2.75, 3.05) is 19.6 Å². The summed E-state index contributed by atoms with van der Waals surface area (Å²) < 4.78 is 0. The zero-order chi connectivity index (χ0) is 19.1. The molecule has 142 valence electrons. The number of benzene rings is 1. The lowest BCUT2D eigenvalue weighted by atomic mass is 9.92. The predicted octanol–water partition coefficient (Wildman–Crippen LogP) is 2.63. The van der Waals surface area contributed by atoms with Crippen molar-refractivity contribution in [1.82, 2.24) is 9.80 Å². The normalized spacial score (nSPS) is 16.1. The molecule has 0 spiro atoms. The monoisotopic (exact) mass is 360 g/mol. The first-order chi connectivity index (χ1) is 12.5. The van der Waals surface area contributed by atoms with Gasteiger partial charge in [0.1, 0.15) is 0 Å². The zero-order valence-electron chi connectivity index (χ0n) is 15.6. The van der Waals surface area contributed by atoms with Crippen LogP contribution in [0.2, 0.25) is 0 Å². The largest absolute Gasteiger partial charge is 0.479 e. The molecule has 2 rings (SSSR count). The smallest absolute Gasteiger partial charge is 0.331 e. The number of carbonyl (C=O) groups excluding carboxylic acids is 2. The van der Waals surface area contributed by atoms with Gasteiger partial charge in [-0.3, -0.25) is 9.59 Å². The fraction of sp³-hybridized carbons (Fsp3) is 0.550. The van der Waals surface area contributed by atoms with Crippen LogP contribution in [0.1, 0.15) is 56.7 Å². The minimum atomic E-state index is -1.03. The summed E-state index contributed by atoms with van der Waals surface area (Å²) in [5.74, 6) is -1.34. The van der Waals surface area contributed by atoms with Crippen LogP contribution < -0.4 is 0 Å². The Morgan fingerprint density at radius 2 is 1.77 bits per heavy atom. The summed E-state index contributed by atoms with van der Waals surface area (Å²) in [7, 11) is 0. The van der Waals surface area contributed by atoms with Crippen LogP contribution >= 0.6 is 0 Å². The molecule has 1 N–H and O–H groups in total. The number of rotatable bonds is 8. The van der Waals surface area contributed by atoms with E-state index in [9.17, 15) is 19.5 Å². The minimum Gasteiger partial charge on any atom is -0.479 e. The lowest BCUT2D eigenvalue weighted by molar-refractivity contribution is -0.151. The van der Waals surface area contributed by atoms with E-state index in [1.54, 1.807) is 17.0 Å². The van der Waals surface area contributed by atoms with Crippen molar-refractivity contribution < 1.29 is 19.5 Å². The summed E-state index contributed by atoms with van der Waals surface area (Å²) in [4.78, 5) is 40.0. The Balaban J connectivity index is 2.04. The second-order valence-corrected chi connectivity index (χ2v) is 6.66. The molecular formula is C20H28N2O4. The summed E-state index contributed by atoms with van der Waals surface area (Å²) in [6.45, 7) is 5.79. The van der Waals surface area contributed by atoms with Crippen LogP contribution in [0.15, 0.2) is 24.3 Å². The highest BCUT2D eigenvalue weighted by Crippen LogP contribution is 2.30. The highest BCUT2D eigenvalue weighted by molar-refractivity contribution is 5.88. The number of carboxylic acid groups (broad SMARTS) is 1. The molecule has 1 unspecified atom stereocenters. The summed E-state index contributed by atoms with van der Waals surface area (Å²) in [6, 6.07) is 6.38. The first-order valence-electron chi connectivity index (χ1n) is 9.37. The van der Waals surface area contributed by atoms with Crippen LogP contribution in [0.4, 0.5) is 0 Å². The van der Waals surface area contributed by atoms with Gasteiger partial charge in [-0.1, -0.05) is 38.1 Å². The minimum absolute atomic E-state index is 0.0358. The average Bonchev–Trinajstić information content (AvgIpc) is 2.64. The SMILES string of the molecule is CCCN(CCC)C(=O)CCC(=O)N1CCc2ccccc2C1C(=O)O. The summed E-state index contributed by atoms with van der Waals surface area (Å²) in [6.07, 6.45) is 2.57. The molecule has 1 atom stereocenters. The highest BCUT2D eigenvalue weighted by Gasteiger charge is 2.35. The number of hydrogen-bond acceptors (Lipinski definition) is 3. The molecule has 0 saturated carbocycles. The zero-order valence-corrected chi connectivity index (χ0v) is 15.6. The molecule has 0 fully saturated rings. The summed E-state index contributed by atoms with van der Waals surface area (Å²) >= 11 is 0. The van der Waals surface area contributed by atoms with Gasteiger partial charge in [0, 0.05) is 32.5 Å². The van der Waals surface area contributed by atoms with Crippen LogP contribution in [0.5, 0.6) is 0 Å². The van der Waals surface area contributed by atoms with Gasteiger partial charge in [-0.05, 0) is 30.4 Å². The maximum absolute atomic E-state index is 12.7. The molecule has 1 aliphatic rings. The van der Waals surface area contributed by atoms with Crippen LogP contribution in [0, 0.1) is 0 Å². The molecule has 0 radical (unpaired) electrons. The van der Waals surface area contributed by atoms with E-state index in [4.69, 9.17) is 0 Å². The topological polar surface area (TPSA) is 77.9 Å². The van der Waals surface area contributed by atoms with Gasteiger partial charge in [0.05, 0.1) is 0 Å². The van der Waals surface area contributed by atoms with Crippen molar-refractivity contribution in [2.24, 2.45) is 0 Å². The van der Waals surface area contributed by atoms with Gasteiger partial charge in [0.2, 0.25) is 11.8 Å². The standard InChI is InChI=1S/C20H28N2O4/c1-3-12-21(13-4-2)17(23)9-10-18(24)22-14-11-15-7-5-6-8-16(15)19(22)20(25)26/h5-8,19H,3-4,9-14H2,1-2H3,(H,25,26). The molecule has 26 heavy (non-hydrogen) atoms. The molecule has 0 aliphatic carbocycles. The van der Waals surface area contributed by atoms with Crippen LogP contribution in [0.25, 0.3) is 0 Å². The Kier molecular flexibility index (Phi) is 7.18. The van der Waals surface area contributed by atoms with Crippen molar-refractivity contribution in [3.63, 3.8) is 0 Å². The Labute approximate surface area is 154 Å². The van der Waals surface area contributed by atoms with Gasteiger partial charge in [0.25, 0.3) is 0 Å². The van der Waals surface area contributed by atoms with Crippen molar-refractivity contribution >= 4 is 17.8 Å². The van der Waals surface area contributed by atoms with Gasteiger partial charge in [-0.15, -0.1) is 0 Å². The number of carbonyl (C=O) groups is 3.